The monoisotopic (exact) mass is 492 g/mol. The van der Waals surface area contributed by atoms with E-state index in [1.807, 2.05) is 0 Å². The normalized spacial score (nSPS) is 14.2. The van der Waals surface area contributed by atoms with Crippen LogP contribution >= 0.6 is 11.8 Å². The van der Waals surface area contributed by atoms with Crippen molar-refractivity contribution in [3.63, 3.8) is 0 Å². The summed E-state index contributed by atoms with van der Waals surface area (Å²) in [6, 6.07) is 0. The van der Waals surface area contributed by atoms with Crippen LogP contribution in [0.2, 0.25) is 0 Å². The minimum atomic E-state index is -1.39. The van der Waals surface area contributed by atoms with Gasteiger partial charge in [0, 0.05) is 40.4 Å². The first kappa shape index (κ1) is 30.7. The highest BCUT2D eigenvalue weighted by Crippen LogP contribution is 2.23. The van der Waals surface area contributed by atoms with E-state index in [2.05, 4.69) is 6.92 Å². The van der Waals surface area contributed by atoms with Gasteiger partial charge >= 0.3 is 29.8 Å². The average molecular weight is 493 g/mol. The summed E-state index contributed by atoms with van der Waals surface area (Å²) in [7, 11) is 0. The Balaban J connectivity index is 5.92. The van der Waals surface area contributed by atoms with Crippen LogP contribution in [0, 0.1) is 0 Å². The van der Waals surface area contributed by atoms with E-state index in [4.69, 9.17) is 23.7 Å². The van der Waals surface area contributed by atoms with Gasteiger partial charge in [0.05, 0.1) is 0 Å². The second-order valence-electron chi connectivity index (χ2n) is 7.38. The molecule has 0 amide bonds. The van der Waals surface area contributed by atoms with Crippen LogP contribution in [0.1, 0.15) is 67.2 Å². The Morgan fingerprint density at radius 1 is 0.636 bits per heavy atom. The summed E-state index contributed by atoms with van der Waals surface area (Å²) in [4.78, 5) is 58.5. The summed E-state index contributed by atoms with van der Waals surface area (Å²) in [6.45, 7) is 7.41. The molecule has 0 aromatic carbocycles. The number of hydrogen-bond donors (Lipinski definition) is 0. The lowest BCUT2D eigenvalue weighted by atomic mass is 10.0. The highest BCUT2D eigenvalue weighted by molar-refractivity contribution is 7.99. The molecule has 11 heteroatoms. The van der Waals surface area contributed by atoms with Gasteiger partial charge in [-0.25, -0.2) is 0 Å². The van der Waals surface area contributed by atoms with Crippen molar-refractivity contribution in [2.45, 2.75) is 91.6 Å². The molecule has 0 unspecified atom stereocenters. The van der Waals surface area contributed by atoms with E-state index in [-0.39, 0.29) is 5.75 Å². The molecule has 10 nitrogen and oxygen atoms in total. The molecule has 0 aliphatic rings. The van der Waals surface area contributed by atoms with Gasteiger partial charge < -0.3 is 23.7 Å². The van der Waals surface area contributed by atoms with Crippen molar-refractivity contribution in [1.82, 2.24) is 0 Å². The Morgan fingerprint density at radius 2 is 1.12 bits per heavy atom. The molecule has 33 heavy (non-hydrogen) atoms. The maximum absolute atomic E-state index is 11.9. The number of carbonyl (C=O) groups is 5. The lowest BCUT2D eigenvalue weighted by Gasteiger charge is -2.35. The molecule has 0 saturated heterocycles. The fourth-order valence-corrected chi connectivity index (χ4v) is 4.01. The molecule has 0 N–H and O–H groups in total. The molecule has 0 bridgehead atoms. The Morgan fingerprint density at radius 3 is 1.58 bits per heavy atom. The smallest absolute Gasteiger partial charge is 0.303 e. The fourth-order valence-electron chi connectivity index (χ4n) is 2.94. The molecule has 0 aliphatic carbocycles. The second kappa shape index (κ2) is 17.2. The van der Waals surface area contributed by atoms with Crippen LogP contribution in [0.25, 0.3) is 0 Å². The number of carbonyl (C=O) groups excluding carboxylic acids is 5. The van der Waals surface area contributed by atoms with Crippen molar-refractivity contribution in [2.75, 3.05) is 18.1 Å². The number of thioether (sulfide) groups is 1. The zero-order valence-electron chi connectivity index (χ0n) is 20.2. The molecular weight excluding hydrogens is 456 g/mol. The average Bonchev–Trinajstić information content (AvgIpc) is 2.68. The molecule has 0 radical (unpaired) electrons. The summed E-state index contributed by atoms with van der Waals surface area (Å²) in [5, 5.41) is 0. The molecule has 0 heterocycles. The van der Waals surface area contributed by atoms with Gasteiger partial charge in [-0.3, -0.25) is 24.0 Å². The van der Waals surface area contributed by atoms with Crippen LogP contribution in [-0.4, -0.2) is 72.4 Å². The minimum Gasteiger partial charge on any atom is -0.462 e. The van der Waals surface area contributed by atoms with Crippen molar-refractivity contribution in [3.05, 3.63) is 0 Å². The predicted molar refractivity (Wildman–Crippen MR) is 120 cm³/mol. The Hall–Kier alpha value is -2.30. The summed E-state index contributed by atoms with van der Waals surface area (Å²) in [5.74, 6) is -2.49. The van der Waals surface area contributed by atoms with Gasteiger partial charge in [-0.1, -0.05) is 26.2 Å². The largest absolute Gasteiger partial charge is 0.462 e. The van der Waals surface area contributed by atoms with Gasteiger partial charge in [0.15, 0.2) is 24.4 Å². The first-order valence-corrected chi connectivity index (χ1v) is 12.0. The van der Waals surface area contributed by atoms with Crippen molar-refractivity contribution in [3.8, 4) is 0 Å². The maximum Gasteiger partial charge on any atom is 0.303 e. The number of unbranched alkanes of at least 4 members (excludes halogenated alkanes) is 3. The molecule has 4 atom stereocenters. The zero-order valence-corrected chi connectivity index (χ0v) is 21.1. The minimum absolute atomic E-state index is 0.238. The fraction of sp³-hybridized carbons (Fsp3) is 0.773. The number of hydrogen-bond acceptors (Lipinski definition) is 11. The summed E-state index contributed by atoms with van der Waals surface area (Å²) in [6.07, 6.45) is -0.785. The van der Waals surface area contributed by atoms with E-state index in [9.17, 15) is 24.0 Å². The molecule has 0 aromatic heterocycles. The van der Waals surface area contributed by atoms with E-state index in [1.54, 1.807) is 0 Å². The van der Waals surface area contributed by atoms with Gasteiger partial charge in [-0.2, -0.15) is 11.8 Å². The van der Waals surface area contributed by atoms with Crippen LogP contribution in [-0.2, 0) is 47.7 Å². The first-order chi connectivity index (χ1) is 15.5. The lowest BCUT2D eigenvalue weighted by molar-refractivity contribution is -0.200. The van der Waals surface area contributed by atoms with E-state index in [1.165, 1.54) is 18.7 Å². The highest BCUT2D eigenvalue weighted by atomic mass is 32.2. The van der Waals surface area contributed by atoms with Crippen molar-refractivity contribution < 1.29 is 47.7 Å². The number of ether oxygens (including phenoxy) is 5. The van der Waals surface area contributed by atoms with Crippen LogP contribution in [0.3, 0.4) is 0 Å². The molecule has 0 saturated carbocycles. The lowest BCUT2D eigenvalue weighted by Crippen LogP contribution is -2.53. The Labute approximate surface area is 199 Å². The number of rotatable bonds is 16. The van der Waals surface area contributed by atoms with Crippen molar-refractivity contribution in [1.29, 1.82) is 0 Å². The van der Waals surface area contributed by atoms with Gasteiger partial charge in [-0.15, -0.1) is 0 Å². The first-order valence-electron chi connectivity index (χ1n) is 10.9. The highest BCUT2D eigenvalue weighted by Gasteiger charge is 2.43. The molecule has 0 aromatic rings. The molecule has 0 spiro atoms. The molecular formula is C22H36O10S. The van der Waals surface area contributed by atoms with E-state index in [0.717, 1.165) is 59.1 Å². The quantitative estimate of drug-likeness (QED) is 0.179. The second-order valence-corrected chi connectivity index (χ2v) is 8.53. The summed E-state index contributed by atoms with van der Waals surface area (Å²) < 4.78 is 26.3. The maximum atomic E-state index is 11.9. The van der Waals surface area contributed by atoms with Crippen LogP contribution in [0.5, 0.6) is 0 Å². The molecule has 0 rings (SSSR count). The molecule has 190 valence electrons. The van der Waals surface area contributed by atoms with Crippen molar-refractivity contribution >= 4 is 41.6 Å². The molecule has 0 aliphatic heterocycles. The number of esters is 5. The van der Waals surface area contributed by atoms with Gasteiger partial charge in [-0.05, 0) is 12.2 Å². The van der Waals surface area contributed by atoms with Crippen LogP contribution in [0.15, 0.2) is 0 Å². The van der Waals surface area contributed by atoms with Crippen LogP contribution < -0.4 is 0 Å². The summed E-state index contributed by atoms with van der Waals surface area (Å²) >= 11 is 1.49. The zero-order chi connectivity index (χ0) is 25.4. The topological polar surface area (TPSA) is 132 Å². The Kier molecular flexibility index (Phi) is 16.0. The Bertz CT molecular complexity index is 651. The SMILES string of the molecule is CCCCCCSC[C@H](OC(C)=O)[C@@H](OC(C)=O)[C@H](OC(C)=O)[C@@H](COC(C)=O)OC(C)=O. The van der Waals surface area contributed by atoms with Gasteiger partial charge in [0.25, 0.3) is 0 Å². The van der Waals surface area contributed by atoms with Gasteiger partial charge in [0.1, 0.15) is 6.61 Å². The van der Waals surface area contributed by atoms with Gasteiger partial charge in [0.2, 0.25) is 0 Å². The third-order valence-electron chi connectivity index (χ3n) is 4.17. The van der Waals surface area contributed by atoms with E-state index < -0.39 is 60.9 Å². The van der Waals surface area contributed by atoms with Crippen molar-refractivity contribution in [2.24, 2.45) is 0 Å². The summed E-state index contributed by atoms with van der Waals surface area (Å²) in [5.41, 5.74) is 0. The standard InChI is InChI=1S/C22H36O10S/c1-7-8-9-10-11-33-13-20(30-16(4)25)22(32-18(6)27)21(31-17(5)26)19(29-15(3)24)12-28-14(2)23/h19-22H,7-13H2,1-6H3/t19-,20+,21-,22-/m1/s1. The van der Waals surface area contributed by atoms with E-state index in [0.29, 0.717) is 0 Å². The predicted octanol–water partition coefficient (Wildman–Crippen LogP) is 2.59. The molecule has 0 fully saturated rings. The van der Waals surface area contributed by atoms with E-state index >= 15 is 0 Å². The third kappa shape index (κ3) is 15.2. The van der Waals surface area contributed by atoms with Crippen LogP contribution in [0.4, 0.5) is 0 Å². The third-order valence-corrected chi connectivity index (χ3v) is 5.31.